The second kappa shape index (κ2) is 7.22. The van der Waals surface area contributed by atoms with Gasteiger partial charge in [-0.25, -0.2) is 4.39 Å². The molecule has 0 saturated heterocycles. The number of anilines is 1. The van der Waals surface area contributed by atoms with Crippen molar-refractivity contribution in [1.82, 2.24) is 0 Å². The summed E-state index contributed by atoms with van der Waals surface area (Å²) in [6, 6.07) is 11.4. The van der Waals surface area contributed by atoms with Gasteiger partial charge in [-0.05, 0) is 48.2 Å². The number of carbonyl (C=O) groups is 1. The van der Waals surface area contributed by atoms with Crippen molar-refractivity contribution in [1.29, 1.82) is 0 Å². The van der Waals surface area contributed by atoms with Crippen LogP contribution in [-0.2, 0) is 10.2 Å². The average molecular weight is 350 g/mol. The predicted octanol–water partition coefficient (Wildman–Crippen LogP) is 5.18. The largest absolute Gasteiger partial charge is 0.481 e. The second-order valence-electron chi connectivity index (χ2n) is 6.65. The summed E-state index contributed by atoms with van der Waals surface area (Å²) in [5.41, 5.74) is 1.59. The maximum absolute atomic E-state index is 13.0. The normalized spacial score (nSPS) is 12.6. The van der Waals surface area contributed by atoms with Gasteiger partial charge in [0.15, 0.2) is 6.10 Å². The summed E-state index contributed by atoms with van der Waals surface area (Å²) in [6.07, 6.45) is -0.716. The maximum Gasteiger partial charge on any atom is 0.265 e. The summed E-state index contributed by atoms with van der Waals surface area (Å²) in [4.78, 5) is 12.2. The summed E-state index contributed by atoms with van der Waals surface area (Å²) >= 11 is 5.90. The van der Waals surface area contributed by atoms with Gasteiger partial charge in [0.05, 0.1) is 10.7 Å². The van der Waals surface area contributed by atoms with E-state index >= 15 is 0 Å². The monoisotopic (exact) mass is 349 g/mol. The lowest BCUT2D eigenvalue weighted by atomic mass is 9.87. The molecule has 128 valence electrons. The Hall–Kier alpha value is -2.07. The van der Waals surface area contributed by atoms with Crippen molar-refractivity contribution < 1.29 is 13.9 Å². The number of rotatable bonds is 4. The van der Waals surface area contributed by atoms with Crippen LogP contribution in [0.2, 0.25) is 5.02 Å². The molecule has 0 saturated carbocycles. The van der Waals surface area contributed by atoms with E-state index in [1.807, 2.05) is 24.3 Å². The van der Waals surface area contributed by atoms with E-state index in [1.54, 1.807) is 6.92 Å². The molecule has 0 fully saturated rings. The second-order valence-corrected chi connectivity index (χ2v) is 7.06. The van der Waals surface area contributed by atoms with Crippen molar-refractivity contribution in [2.75, 3.05) is 5.32 Å². The Morgan fingerprint density at radius 3 is 2.33 bits per heavy atom. The van der Waals surface area contributed by atoms with Crippen molar-refractivity contribution in [3.8, 4) is 5.75 Å². The molecular formula is C19H21ClFNO2. The van der Waals surface area contributed by atoms with E-state index in [-0.39, 0.29) is 16.3 Å². The highest BCUT2D eigenvalue weighted by molar-refractivity contribution is 6.33. The minimum Gasteiger partial charge on any atom is -0.481 e. The Kier molecular flexibility index (Phi) is 5.50. The van der Waals surface area contributed by atoms with Crippen molar-refractivity contribution in [3.05, 3.63) is 58.9 Å². The molecule has 1 amide bonds. The topological polar surface area (TPSA) is 38.3 Å². The Morgan fingerprint density at radius 2 is 1.79 bits per heavy atom. The fraction of sp³-hybridized carbons (Fsp3) is 0.316. The minimum atomic E-state index is -0.716. The molecule has 2 aromatic carbocycles. The van der Waals surface area contributed by atoms with Crippen LogP contribution in [0.3, 0.4) is 0 Å². The van der Waals surface area contributed by atoms with E-state index in [0.717, 1.165) is 6.07 Å². The number of benzene rings is 2. The highest BCUT2D eigenvalue weighted by Gasteiger charge is 2.17. The Morgan fingerprint density at radius 1 is 1.17 bits per heavy atom. The molecule has 1 atom stereocenters. The molecule has 0 spiro atoms. The number of hydrogen-bond acceptors (Lipinski definition) is 2. The van der Waals surface area contributed by atoms with Gasteiger partial charge in [0.1, 0.15) is 11.6 Å². The van der Waals surface area contributed by atoms with Crippen LogP contribution in [0, 0.1) is 5.82 Å². The number of amides is 1. The van der Waals surface area contributed by atoms with Crippen LogP contribution in [0.4, 0.5) is 10.1 Å². The highest BCUT2D eigenvalue weighted by atomic mass is 35.5. The zero-order chi connectivity index (χ0) is 17.9. The molecular weight excluding hydrogens is 329 g/mol. The van der Waals surface area contributed by atoms with Gasteiger partial charge in [0, 0.05) is 0 Å². The minimum absolute atomic E-state index is 0.0564. The molecule has 0 aliphatic rings. The van der Waals surface area contributed by atoms with Gasteiger partial charge < -0.3 is 10.1 Å². The van der Waals surface area contributed by atoms with Crippen LogP contribution in [0.25, 0.3) is 0 Å². The first kappa shape index (κ1) is 18.3. The van der Waals surface area contributed by atoms with E-state index in [1.165, 1.54) is 17.7 Å². The molecule has 2 rings (SSSR count). The van der Waals surface area contributed by atoms with Gasteiger partial charge in [-0.3, -0.25) is 4.79 Å². The van der Waals surface area contributed by atoms with Crippen molar-refractivity contribution in [2.24, 2.45) is 0 Å². The quantitative estimate of drug-likeness (QED) is 0.825. The van der Waals surface area contributed by atoms with E-state index < -0.39 is 11.9 Å². The van der Waals surface area contributed by atoms with E-state index in [0.29, 0.717) is 11.4 Å². The van der Waals surface area contributed by atoms with Gasteiger partial charge in [0.25, 0.3) is 5.91 Å². The maximum atomic E-state index is 13.0. The Labute approximate surface area is 146 Å². The predicted molar refractivity (Wildman–Crippen MR) is 95.3 cm³/mol. The molecule has 5 heteroatoms. The molecule has 0 bridgehead atoms. The summed E-state index contributed by atoms with van der Waals surface area (Å²) < 4.78 is 18.7. The molecule has 0 aliphatic heterocycles. The number of ether oxygens (including phenoxy) is 1. The molecule has 24 heavy (non-hydrogen) atoms. The molecule has 3 nitrogen and oxygen atoms in total. The summed E-state index contributed by atoms with van der Waals surface area (Å²) in [5.74, 6) is -0.208. The average Bonchev–Trinajstić information content (AvgIpc) is 2.49. The summed E-state index contributed by atoms with van der Waals surface area (Å²) in [7, 11) is 0. The molecule has 0 radical (unpaired) electrons. The third-order valence-corrected chi connectivity index (χ3v) is 3.90. The lowest BCUT2D eigenvalue weighted by molar-refractivity contribution is -0.122. The van der Waals surface area contributed by atoms with Crippen LogP contribution < -0.4 is 10.1 Å². The highest BCUT2D eigenvalue weighted by Crippen LogP contribution is 2.25. The van der Waals surface area contributed by atoms with Crippen LogP contribution in [0.1, 0.15) is 33.3 Å². The lowest BCUT2D eigenvalue weighted by Crippen LogP contribution is -2.30. The van der Waals surface area contributed by atoms with Gasteiger partial charge >= 0.3 is 0 Å². The molecule has 2 aromatic rings. The molecule has 0 aromatic heterocycles. The van der Waals surface area contributed by atoms with E-state index in [9.17, 15) is 9.18 Å². The van der Waals surface area contributed by atoms with Gasteiger partial charge in [-0.15, -0.1) is 0 Å². The summed E-state index contributed by atoms with van der Waals surface area (Å²) in [5, 5.41) is 2.77. The number of hydrogen-bond donors (Lipinski definition) is 1. The molecule has 0 aliphatic carbocycles. The van der Waals surface area contributed by atoms with Crippen LogP contribution in [0.5, 0.6) is 5.75 Å². The van der Waals surface area contributed by atoms with E-state index in [2.05, 4.69) is 26.1 Å². The third kappa shape index (κ3) is 4.71. The van der Waals surface area contributed by atoms with Gasteiger partial charge in [-0.2, -0.15) is 0 Å². The van der Waals surface area contributed by atoms with Crippen LogP contribution in [0.15, 0.2) is 42.5 Å². The van der Waals surface area contributed by atoms with Crippen molar-refractivity contribution in [2.45, 2.75) is 39.2 Å². The van der Waals surface area contributed by atoms with Crippen LogP contribution in [-0.4, -0.2) is 12.0 Å². The van der Waals surface area contributed by atoms with Gasteiger partial charge in [-0.1, -0.05) is 44.5 Å². The standard InChI is InChI=1S/C19H21ClFNO2/c1-12(18(23)22-17-10-7-14(21)11-16(17)20)24-15-8-5-13(6-9-15)19(2,3)4/h5-12H,1-4H3,(H,22,23)/t12-/m0/s1. The Balaban J connectivity index is 2.01. The number of carbonyl (C=O) groups excluding carboxylic acids is 1. The number of halogens is 2. The fourth-order valence-electron chi connectivity index (χ4n) is 2.12. The Bertz CT molecular complexity index is 723. The van der Waals surface area contributed by atoms with Crippen molar-refractivity contribution in [3.63, 3.8) is 0 Å². The third-order valence-electron chi connectivity index (χ3n) is 3.59. The van der Waals surface area contributed by atoms with E-state index in [4.69, 9.17) is 16.3 Å². The van der Waals surface area contributed by atoms with Crippen molar-refractivity contribution >= 4 is 23.2 Å². The smallest absolute Gasteiger partial charge is 0.265 e. The summed E-state index contributed by atoms with van der Waals surface area (Å²) in [6.45, 7) is 8.03. The fourth-order valence-corrected chi connectivity index (χ4v) is 2.33. The zero-order valence-electron chi connectivity index (χ0n) is 14.2. The molecule has 0 unspecified atom stereocenters. The zero-order valence-corrected chi connectivity index (χ0v) is 14.9. The molecule has 0 heterocycles. The lowest BCUT2D eigenvalue weighted by Gasteiger charge is -2.20. The first-order chi connectivity index (χ1) is 11.2. The van der Waals surface area contributed by atoms with Gasteiger partial charge in [0.2, 0.25) is 0 Å². The first-order valence-corrected chi connectivity index (χ1v) is 8.08. The molecule has 1 N–H and O–H groups in total. The SMILES string of the molecule is C[C@H](Oc1ccc(C(C)(C)C)cc1)C(=O)Nc1ccc(F)cc1Cl. The first-order valence-electron chi connectivity index (χ1n) is 7.70. The number of nitrogens with one attached hydrogen (secondary N) is 1. The van der Waals surface area contributed by atoms with Crippen LogP contribution >= 0.6 is 11.6 Å².